The molecule has 0 aliphatic carbocycles. The number of carbonyl (C=O) groups excluding carboxylic acids is 1. The van der Waals surface area contributed by atoms with E-state index in [1.165, 1.54) is 17.0 Å². The van der Waals surface area contributed by atoms with Crippen LogP contribution in [0.5, 0.6) is 0 Å². The van der Waals surface area contributed by atoms with Gasteiger partial charge in [0, 0.05) is 11.9 Å². The molecule has 0 aliphatic heterocycles. The first kappa shape index (κ1) is 17.0. The van der Waals surface area contributed by atoms with Crippen molar-refractivity contribution in [2.24, 2.45) is 0 Å². The van der Waals surface area contributed by atoms with E-state index < -0.39 is 5.56 Å². The van der Waals surface area contributed by atoms with Crippen LogP contribution in [0.4, 0.5) is 4.39 Å². The summed E-state index contributed by atoms with van der Waals surface area (Å²) in [5, 5.41) is 3.42. The van der Waals surface area contributed by atoms with Gasteiger partial charge in [-0.2, -0.15) is 0 Å². The Morgan fingerprint density at radius 2 is 2.07 bits per heavy atom. The molecule has 0 unspecified atom stereocenters. The van der Waals surface area contributed by atoms with Crippen molar-refractivity contribution in [2.75, 3.05) is 0 Å². The SMILES string of the molecule is Cc1ccc(CNC(=O)Cn2cnc3c(oc4ccccc43)c2=O)cc1F. The molecule has 1 amide bonds. The van der Waals surface area contributed by atoms with Crippen molar-refractivity contribution in [1.29, 1.82) is 0 Å². The fourth-order valence-electron chi connectivity index (χ4n) is 2.89. The van der Waals surface area contributed by atoms with Crippen molar-refractivity contribution >= 4 is 28.0 Å². The van der Waals surface area contributed by atoms with Crippen molar-refractivity contribution in [1.82, 2.24) is 14.9 Å². The van der Waals surface area contributed by atoms with Gasteiger partial charge in [0.1, 0.15) is 23.5 Å². The molecule has 2 aromatic heterocycles. The van der Waals surface area contributed by atoms with Gasteiger partial charge >= 0.3 is 0 Å². The first-order valence-corrected chi connectivity index (χ1v) is 8.41. The van der Waals surface area contributed by atoms with E-state index in [-0.39, 0.29) is 30.4 Å². The minimum atomic E-state index is -0.423. The van der Waals surface area contributed by atoms with Gasteiger partial charge < -0.3 is 9.73 Å². The summed E-state index contributed by atoms with van der Waals surface area (Å²) in [6.45, 7) is 1.64. The molecule has 0 spiro atoms. The van der Waals surface area contributed by atoms with Gasteiger partial charge in [0.25, 0.3) is 5.56 Å². The maximum atomic E-state index is 13.6. The summed E-state index contributed by atoms with van der Waals surface area (Å²) in [4.78, 5) is 29.0. The Labute approximate surface area is 153 Å². The number of nitrogens with zero attached hydrogens (tertiary/aromatic N) is 2. The number of rotatable bonds is 4. The Kier molecular flexibility index (Phi) is 4.19. The summed E-state index contributed by atoms with van der Waals surface area (Å²) in [5.74, 6) is -0.701. The van der Waals surface area contributed by atoms with E-state index in [4.69, 9.17) is 4.42 Å². The Bertz CT molecular complexity index is 1230. The highest BCUT2D eigenvalue weighted by molar-refractivity contribution is 6.01. The summed E-state index contributed by atoms with van der Waals surface area (Å²) >= 11 is 0. The number of amides is 1. The number of carbonyl (C=O) groups is 1. The number of hydrogen-bond acceptors (Lipinski definition) is 4. The zero-order valence-corrected chi connectivity index (χ0v) is 14.5. The molecular formula is C20H16FN3O3. The number of hydrogen-bond donors (Lipinski definition) is 1. The molecule has 6 nitrogen and oxygen atoms in total. The fraction of sp³-hybridized carbons (Fsp3) is 0.150. The summed E-state index contributed by atoms with van der Waals surface area (Å²) in [6, 6.07) is 12.0. The number of para-hydroxylation sites is 1. The summed E-state index contributed by atoms with van der Waals surface area (Å²) in [7, 11) is 0. The average Bonchev–Trinajstić information content (AvgIpc) is 3.04. The molecule has 0 fully saturated rings. The second kappa shape index (κ2) is 6.68. The van der Waals surface area contributed by atoms with Gasteiger partial charge in [-0.1, -0.05) is 24.3 Å². The highest BCUT2D eigenvalue weighted by atomic mass is 19.1. The van der Waals surface area contributed by atoms with Crippen LogP contribution in [0.2, 0.25) is 0 Å². The molecule has 0 bridgehead atoms. The van der Waals surface area contributed by atoms with E-state index in [1.807, 2.05) is 18.2 Å². The molecule has 2 heterocycles. The molecule has 27 heavy (non-hydrogen) atoms. The third kappa shape index (κ3) is 3.19. The third-order valence-corrected chi connectivity index (χ3v) is 4.39. The number of aryl methyl sites for hydroxylation is 1. The highest BCUT2D eigenvalue weighted by Gasteiger charge is 2.14. The molecular weight excluding hydrogens is 349 g/mol. The Morgan fingerprint density at radius 3 is 2.89 bits per heavy atom. The van der Waals surface area contributed by atoms with Crippen molar-refractivity contribution in [3.05, 3.63) is 76.1 Å². The number of halogens is 1. The molecule has 136 valence electrons. The molecule has 0 atom stereocenters. The molecule has 1 N–H and O–H groups in total. The molecule has 0 radical (unpaired) electrons. The van der Waals surface area contributed by atoms with Crippen molar-refractivity contribution < 1.29 is 13.6 Å². The van der Waals surface area contributed by atoms with E-state index in [0.717, 1.165) is 5.39 Å². The molecule has 0 aliphatic rings. The molecule has 4 aromatic rings. The minimum Gasteiger partial charge on any atom is -0.448 e. The Morgan fingerprint density at radius 1 is 1.26 bits per heavy atom. The second-order valence-electron chi connectivity index (χ2n) is 6.31. The lowest BCUT2D eigenvalue weighted by atomic mass is 10.1. The predicted octanol–water partition coefficient (Wildman–Crippen LogP) is 2.91. The standard InChI is InChI=1S/C20H16FN3O3/c1-12-6-7-13(8-15(12)21)9-22-17(25)10-24-11-23-18-14-4-2-3-5-16(14)27-19(18)20(24)26/h2-8,11H,9-10H2,1H3,(H,22,25). The molecule has 4 rings (SSSR count). The molecule has 2 aromatic carbocycles. The van der Waals surface area contributed by atoms with Crippen LogP contribution in [0, 0.1) is 12.7 Å². The van der Waals surface area contributed by atoms with E-state index in [2.05, 4.69) is 10.3 Å². The predicted molar refractivity (Wildman–Crippen MR) is 98.8 cm³/mol. The molecule has 7 heteroatoms. The highest BCUT2D eigenvalue weighted by Crippen LogP contribution is 2.23. The first-order valence-electron chi connectivity index (χ1n) is 8.41. The summed E-state index contributed by atoms with van der Waals surface area (Å²) in [5.41, 5.74) is 1.93. The largest absolute Gasteiger partial charge is 0.448 e. The van der Waals surface area contributed by atoms with Gasteiger partial charge in [0.15, 0.2) is 0 Å². The molecule has 0 saturated heterocycles. The van der Waals surface area contributed by atoms with Gasteiger partial charge in [0.2, 0.25) is 11.5 Å². The van der Waals surface area contributed by atoms with Crippen LogP contribution in [-0.2, 0) is 17.9 Å². The van der Waals surface area contributed by atoms with Crippen molar-refractivity contribution in [3.8, 4) is 0 Å². The quantitative estimate of drug-likeness (QED) is 0.603. The van der Waals surface area contributed by atoms with E-state index in [1.54, 1.807) is 25.1 Å². The third-order valence-electron chi connectivity index (χ3n) is 4.39. The first-order chi connectivity index (χ1) is 13.0. The van der Waals surface area contributed by atoms with Crippen LogP contribution in [0.25, 0.3) is 22.1 Å². The molecule has 0 saturated carbocycles. The van der Waals surface area contributed by atoms with Crippen LogP contribution in [0.15, 0.2) is 58.0 Å². The Balaban J connectivity index is 1.53. The van der Waals surface area contributed by atoms with Crippen LogP contribution in [0.3, 0.4) is 0 Å². The van der Waals surface area contributed by atoms with Crippen LogP contribution < -0.4 is 10.9 Å². The zero-order chi connectivity index (χ0) is 19.0. The zero-order valence-electron chi connectivity index (χ0n) is 14.5. The number of aromatic nitrogens is 2. The van der Waals surface area contributed by atoms with Gasteiger partial charge in [-0.25, -0.2) is 9.37 Å². The van der Waals surface area contributed by atoms with Gasteiger partial charge in [-0.3, -0.25) is 14.2 Å². The number of benzene rings is 2. The lowest BCUT2D eigenvalue weighted by molar-refractivity contribution is -0.121. The second-order valence-corrected chi connectivity index (χ2v) is 6.31. The Hall–Kier alpha value is -3.48. The lowest BCUT2D eigenvalue weighted by Gasteiger charge is -2.08. The van der Waals surface area contributed by atoms with Crippen molar-refractivity contribution in [2.45, 2.75) is 20.0 Å². The van der Waals surface area contributed by atoms with Gasteiger partial charge in [0.05, 0.1) is 6.33 Å². The number of fused-ring (bicyclic) bond motifs is 3. The topological polar surface area (TPSA) is 77.1 Å². The maximum Gasteiger partial charge on any atom is 0.297 e. The average molecular weight is 365 g/mol. The minimum absolute atomic E-state index is 0.118. The fourth-order valence-corrected chi connectivity index (χ4v) is 2.89. The summed E-state index contributed by atoms with van der Waals surface area (Å²) < 4.78 is 20.3. The number of nitrogens with one attached hydrogen (secondary N) is 1. The van der Waals surface area contributed by atoms with Crippen molar-refractivity contribution in [3.63, 3.8) is 0 Å². The summed E-state index contributed by atoms with van der Waals surface area (Å²) in [6.07, 6.45) is 1.33. The van der Waals surface area contributed by atoms with E-state index >= 15 is 0 Å². The monoisotopic (exact) mass is 365 g/mol. The normalized spacial score (nSPS) is 11.2. The van der Waals surface area contributed by atoms with E-state index in [0.29, 0.717) is 22.2 Å². The lowest BCUT2D eigenvalue weighted by Crippen LogP contribution is -2.32. The smallest absolute Gasteiger partial charge is 0.297 e. The van der Waals surface area contributed by atoms with Crippen LogP contribution in [-0.4, -0.2) is 15.5 Å². The van der Waals surface area contributed by atoms with E-state index in [9.17, 15) is 14.0 Å². The van der Waals surface area contributed by atoms with Gasteiger partial charge in [-0.15, -0.1) is 0 Å². The van der Waals surface area contributed by atoms with Crippen LogP contribution in [0.1, 0.15) is 11.1 Å². The van der Waals surface area contributed by atoms with Crippen LogP contribution >= 0.6 is 0 Å². The van der Waals surface area contributed by atoms with Gasteiger partial charge in [-0.05, 0) is 36.2 Å². The number of furan rings is 1. The maximum absolute atomic E-state index is 13.6.